The Hall–Kier alpha value is -3.53. The van der Waals surface area contributed by atoms with Gasteiger partial charge in [0, 0.05) is 6.54 Å². The lowest BCUT2D eigenvalue weighted by Crippen LogP contribution is -2.35. The van der Waals surface area contributed by atoms with E-state index in [0.29, 0.717) is 5.75 Å². The number of carbonyl (C=O) groups excluding carboxylic acids is 2. The molecule has 7 heteroatoms. The highest BCUT2D eigenvalue weighted by molar-refractivity contribution is 5.95. The van der Waals surface area contributed by atoms with Crippen molar-refractivity contribution in [3.05, 3.63) is 65.5 Å². The summed E-state index contributed by atoms with van der Waals surface area (Å²) in [5, 5.41) is 5.20. The molecule has 0 saturated carbocycles. The molecule has 0 aliphatic heterocycles. The monoisotopic (exact) mass is 355 g/mol. The van der Waals surface area contributed by atoms with E-state index < -0.39 is 5.91 Å². The molecule has 3 amide bonds. The zero-order valence-corrected chi connectivity index (χ0v) is 13.9. The van der Waals surface area contributed by atoms with E-state index in [2.05, 4.69) is 22.5 Å². The Balaban J connectivity index is 1.68. The number of para-hydroxylation sites is 1. The van der Waals surface area contributed by atoms with E-state index in [1.165, 1.54) is 12.1 Å². The summed E-state index contributed by atoms with van der Waals surface area (Å²) in [5.41, 5.74) is 6.32. The van der Waals surface area contributed by atoms with Crippen molar-refractivity contribution in [3.63, 3.8) is 0 Å². The van der Waals surface area contributed by atoms with Crippen LogP contribution in [0.5, 0.6) is 5.75 Å². The quantitative estimate of drug-likeness (QED) is 0.690. The van der Waals surface area contributed by atoms with E-state index in [0.717, 1.165) is 5.56 Å². The minimum Gasteiger partial charge on any atom is -0.480 e. The number of rotatable bonds is 6. The predicted octanol–water partition coefficient (Wildman–Crippen LogP) is 1.81. The van der Waals surface area contributed by atoms with Gasteiger partial charge in [0.15, 0.2) is 0 Å². The Morgan fingerprint density at radius 3 is 2.50 bits per heavy atom. The first-order valence-electron chi connectivity index (χ1n) is 7.80. The number of primary amides is 1. The van der Waals surface area contributed by atoms with Crippen LogP contribution in [0, 0.1) is 17.7 Å². The van der Waals surface area contributed by atoms with E-state index in [1.54, 1.807) is 36.4 Å². The van der Waals surface area contributed by atoms with E-state index in [1.807, 2.05) is 0 Å². The normalized spacial score (nSPS) is 9.58. The summed E-state index contributed by atoms with van der Waals surface area (Å²) >= 11 is 0. The van der Waals surface area contributed by atoms with Crippen molar-refractivity contribution in [2.75, 3.05) is 13.2 Å². The van der Waals surface area contributed by atoms with Crippen LogP contribution in [0.3, 0.4) is 0 Å². The smallest absolute Gasteiger partial charge is 0.315 e. The molecule has 0 aromatic heterocycles. The Labute approximate surface area is 150 Å². The van der Waals surface area contributed by atoms with Gasteiger partial charge in [0.2, 0.25) is 0 Å². The SMILES string of the molecule is NC(=O)c1ccccc1OCC#CCNC(=O)NCc1ccc(F)cc1. The summed E-state index contributed by atoms with van der Waals surface area (Å²) in [7, 11) is 0. The molecule has 134 valence electrons. The second kappa shape index (κ2) is 9.69. The van der Waals surface area contributed by atoms with Crippen LogP contribution in [0.2, 0.25) is 0 Å². The summed E-state index contributed by atoms with van der Waals surface area (Å²) in [6, 6.07) is 12.1. The molecule has 0 radical (unpaired) electrons. The minimum atomic E-state index is -0.576. The Morgan fingerprint density at radius 1 is 1.04 bits per heavy atom. The average Bonchev–Trinajstić information content (AvgIpc) is 2.64. The average molecular weight is 355 g/mol. The number of hydrogen-bond acceptors (Lipinski definition) is 3. The zero-order valence-electron chi connectivity index (χ0n) is 13.9. The van der Waals surface area contributed by atoms with Gasteiger partial charge < -0.3 is 21.1 Å². The third-order valence-electron chi connectivity index (χ3n) is 3.28. The third kappa shape index (κ3) is 6.17. The van der Waals surface area contributed by atoms with Crippen molar-refractivity contribution in [2.24, 2.45) is 5.73 Å². The van der Waals surface area contributed by atoms with Gasteiger partial charge in [-0.1, -0.05) is 36.1 Å². The molecule has 0 fully saturated rings. The molecule has 6 nitrogen and oxygen atoms in total. The lowest BCUT2D eigenvalue weighted by atomic mass is 10.2. The summed E-state index contributed by atoms with van der Waals surface area (Å²) in [5.74, 6) is 4.91. The molecule has 0 unspecified atom stereocenters. The van der Waals surface area contributed by atoms with Crippen LogP contribution in [0.4, 0.5) is 9.18 Å². The molecular formula is C19H18FN3O3. The maximum Gasteiger partial charge on any atom is 0.315 e. The molecule has 26 heavy (non-hydrogen) atoms. The van der Waals surface area contributed by atoms with Crippen molar-refractivity contribution < 1.29 is 18.7 Å². The van der Waals surface area contributed by atoms with E-state index in [-0.39, 0.29) is 37.1 Å². The highest BCUT2D eigenvalue weighted by Gasteiger charge is 2.07. The van der Waals surface area contributed by atoms with Crippen molar-refractivity contribution in [1.82, 2.24) is 10.6 Å². The van der Waals surface area contributed by atoms with E-state index in [4.69, 9.17) is 10.5 Å². The van der Waals surface area contributed by atoms with Gasteiger partial charge in [0.1, 0.15) is 18.2 Å². The molecule has 0 aliphatic rings. The number of amides is 3. The van der Waals surface area contributed by atoms with Gasteiger partial charge in [-0.25, -0.2) is 9.18 Å². The molecule has 4 N–H and O–H groups in total. The zero-order chi connectivity index (χ0) is 18.8. The number of halogens is 1. The Bertz CT molecular complexity index is 826. The first kappa shape index (κ1) is 18.8. The maximum absolute atomic E-state index is 12.8. The van der Waals surface area contributed by atoms with Crippen molar-refractivity contribution in [2.45, 2.75) is 6.54 Å². The Morgan fingerprint density at radius 2 is 1.77 bits per heavy atom. The largest absolute Gasteiger partial charge is 0.480 e. The molecule has 0 aliphatic carbocycles. The Kier molecular flexibility index (Phi) is 7.01. The number of nitrogens with one attached hydrogen (secondary N) is 2. The van der Waals surface area contributed by atoms with E-state index >= 15 is 0 Å². The van der Waals surface area contributed by atoms with Gasteiger partial charge in [-0.2, -0.15) is 0 Å². The summed E-state index contributed by atoms with van der Waals surface area (Å²) in [6.07, 6.45) is 0. The van der Waals surface area contributed by atoms with Gasteiger partial charge in [-0.3, -0.25) is 4.79 Å². The molecular weight excluding hydrogens is 337 g/mol. The van der Waals surface area contributed by atoms with Crippen LogP contribution in [0.25, 0.3) is 0 Å². The molecule has 0 heterocycles. The number of hydrogen-bond donors (Lipinski definition) is 3. The third-order valence-corrected chi connectivity index (χ3v) is 3.28. The number of carbonyl (C=O) groups is 2. The molecule has 0 saturated heterocycles. The van der Waals surface area contributed by atoms with Gasteiger partial charge in [0.25, 0.3) is 5.91 Å². The van der Waals surface area contributed by atoms with Gasteiger partial charge in [-0.15, -0.1) is 0 Å². The van der Waals surface area contributed by atoms with Crippen LogP contribution >= 0.6 is 0 Å². The maximum atomic E-state index is 12.8. The standard InChI is InChI=1S/C19H18FN3O3/c20-15-9-7-14(8-10-15)13-23-19(25)22-11-3-4-12-26-17-6-2-1-5-16(17)18(21)24/h1-2,5-10H,11-13H2,(H2,21,24)(H2,22,23,25). The first-order valence-corrected chi connectivity index (χ1v) is 7.80. The topological polar surface area (TPSA) is 93.5 Å². The van der Waals surface area contributed by atoms with Crippen LogP contribution in [0.1, 0.15) is 15.9 Å². The van der Waals surface area contributed by atoms with E-state index in [9.17, 15) is 14.0 Å². The van der Waals surface area contributed by atoms with Crippen LogP contribution in [-0.2, 0) is 6.54 Å². The number of ether oxygens (including phenoxy) is 1. The van der Waals surface area contributed by atoms with Crippen LogP contribution in [-0.4, -0.2) is 25.1 Å². The molecule has 0 bridgehead atoms. The van der Waals surface area contributed by atoms with Gasteiger partial charge in [-0.05, 0) is 29.8 Å². The number of nitrogens with two attached hydrogens (primary N) is 1. The first-order chi connectivity index (χ1) is 12.6. The molecule has 0 atom stereocenters. The van der Waals surface area contributed by atoms with Gasteiger partial charge in [0.05, 0.1) is 12.1 Å². The van der Waals surface area contributed by atoms with Gasteiger partial charge >= 0.3 is 6.03 Å². The summed E-state index contributed by atoms with van der Waals surface area (Å²) in [4.78, 5) is 22.9. The number of urea groups is 1. The fraction of sp³-hybridized carbons (Fsp3) is 0.158. The van der Waals surface area contributed by atoms with Crippen molar-refractivity contribution >= 4 is 11.9 Å². The summed E-state index contributed by atoms with van der Waals surface area (Å²) in [6.45, 7) is 0.478. The molecule has 2 aromatic rings. The second-order valence-corrected chi connectivity index (χ2v) is 5.17. The fourth-order valence-electron chi connectivity index (χ4n) is 2.00. The summed E-state index contributed by atoms with van der Waals surface area (Å²) < 4.78 is 18.2. The van der Waals surface area contributed by atoms with Crippen LogP contribution < -0.4 is 21.1 Å². The van der Waals surface area contributed by atoms with Crippen LogP contribution in [0.15, 0.2) is 48.5 Å². The van der Waals surface area contributed by atoms with Crippen molar-refractivity contribution in [1.29, 1.82) is 0 Å². The minimum absolute atomic E-state index is 0.0587. The molecule has 2 rings (SSSR count). The predicted molar refractivity (Wildman–Crippen MR) is 94.9 cm³/mol. The highest BCUT2D eigenvalue weighted by atomic mass is 19.1. The lowest BCUT2D eigenvalue weighted by Gasteiger charge is -2.06. The highest BCUT2D eigenvalue weighted by Crippen LogP contribution is 2.16. The van der Waals surface area contributed by atoms with Crippen molar-refractivity contribution in [3.8, 4) is 17.6 Å². The fourth-order valence-corrected chi connectivity index (χ4v) is 2.00. The lowest BCUT2D eigenvalue weighted by molar-refractivity contribution is 0.0997. The molecule has 0 spiro atoms. The second-order valence-electron chi connectivity index (χ2n) is 5.17. The number of benzene rings is 2. The molecule has 2 aromatic carbocycles.